The molecule has 208 valence electrons. The lowest BCUT2D eigenvalue weighted by molar-refractivity contribution is 0.783. The molecule has 2 heteroatoms. The van der Waals surface area contributed by atoms with Crippen LogP contribution < -0.4 is 0 Å². The van der Waals surface area contributed by atoms with E-state index in [0.29, 0.717) is 5.92 Å². The minimum atomic E-state index is 0.360. The highest BCUT2D eigenvalue weighted by Gasteiger charge is 2.24. The molecule has 2 heterocycles. The van der Waals surface area contributed by atoms with Crippen molar-refractivity contribution < 1.29 is 0 Å². The van der Waals surface area contributed by atoms with E-state index in [2.05, 4.69) is 173 Å². The number of hydrogen-bond acceptors (Lipinski definition) is 0. The maximum Gasteiger partial charge on any atom is 0.0541 e. The molecule has 1 aliphatic rings. The van der Waals surface area contributed by atoms with E-state index in [9.17, 15) is 0 Å². The molecule has 2 nitrogen and oxygen atoms in total. The van der Waals surface area contributed by atoms with E-state index in [0.717, 1.165) is 6.42 Å². The van der Waals surface area contributed by atoms with Crippen molar-refractivity contribution in [3.8, 4) is 22.5 Å². The van der Waals surface area contributed by atoms with Crippen LogP contribution in [0.3, 0.4) is 0 Å². The molecule has 6 aromatic carbocycles. The summed E-state index contributed by atoms with van der Waals surface area (Å²) >= 11 is 0. The zero-order chi connectivity index (χ0) is 29.0. The molecule has 0 N–H and O–H groups in total. The lowest BCUT2D eigenvalue weighted by Gasteiger charge is -2.20. The predicted molar refractivity (Wildman–Crippen MR) is 185 cm³/mol. The first-order valence-corrected chi connectivity index (χ1v) is 15.4. The monoisotopic (exact) mass is 562 g/mol. The summed E-state index contributed by atoms with van der Waals surface area (Å²) in [4.78, 5) is 0. The summed E-state index contributed by atoms with van der Waals surface area (Å²) in [6.45, 7) is 0. The third-order valence-electron chi connectivity index (χ3n) is 9.28. The van der Waals surface area contributed by atoms with Crippen molar-refractivity contribution in [2.75, 3.05) is 0 Å². The average molecular weight is 563 g/mol. The van der Waals surface area contributed by atoms with Crippen molar-refractivity contribution in [1.82, 2.24) is 9.13 Å². The van der Waals surface area contributed by atoms with Crippen LogP contribution in [0, 0.1) is 0 Å². The fraction of sp³-hybridized carbons (Fsp3) is 0.0476. The minimum Gasteiger partial charge on any atom is -0.313 e. The van der Waals surface area contributed by atoms with E-state index >= 15 is 0 Å². The maximum absolute atomic E-state index is 2.48. The number of aromatic nitrogens is 2. The third-order valence-corrected chi connectivity index (χ3v) is 9.28. The third kappa shape index (κ3) is 3.88. The Morgan fingerprint density at radius 1 is 0.455 bits per heavy atom. The van der Waals surface area contributed by atoms with Crippen LogP contribution in [0.4, 0.5) is 0 Å². The number of nitrogens with zero attached hydrogens (tertiary/aromatic N) is 2. The van der Waals surface area contributed by atoms with E-state index < -0.39 is 0 Å². The van der Waals surface area contributed by atoms with Crippen molar-refractivity contribution in [2.45, 2.75) is 12.3 Å². The maximum atomic E-state index is 2.48. The first-order chi connectivity index (χ1) is 21.8. The van der Waals surface area contributed by atoms with Crippen LogP contribution in [0.5, 0.6) is 0 Å². The number of para-hydroxylation sites is 3. The van der Waals surface area contributed by atoms with E-state index in [-0.39, 0.29) is 0 Å². The van der Waals surface area contributed by atoms with Gasteiger partial charge in [0.15, 0.2) is 0 Å². The quantitative estimate of drug-likeness (QED) is 0.202. The van der Waals surface area contributed by atoms with Gasteiger partial charge >= 0.3 is 0 Å². The lowest BCUT2D eigenvalue weighted by atomic mass is 9.87. The molecule has 0 bridgehead atoms. The molecule has 1 atom stereocenters. The molecule has 0 saturated carbocycles. The Kier molecular flexibility index (Phi) is 5.67. The molecule has 0 radical (unpaired) electrons. The van der Waals surface area contributed by atoms with Crippen LogP contribution in [0.15, 0.2) is 158 Å². The molecular weight excluding hydrogens is 532 g/mol. The molecule has 0 amide bonds. The summed E-state index contributed by atoms with van der Waals surface area (Å²) in [6.07, 6.45) is 5.72. The van der Waals surface area contributed by atoms with Crippen molar-refractivity contribution in [3.63, 3.8) is 0 Å². The predicted octanol–water partition coefficient (Wildman–Crippen LogP) is 10.7. The van der Waals surface area contributed by atoms with Crippen LogP contribution in [0.2, 0.25) is 0 Å². The Morgan fingerprint density at radius 2 is 1.00 bits per heavy atom. The molecule has 0 aliphatic heterocycles. The zero-order valence-electron chi connectivity index (χ0n) is 24.3. The lowest BCUT2D eigenvalue weighted by Crippen LogP contribution is -2.09. The number of allylic oxidation sites excluding steroid dienone is 1. The molecule has 0 saturated heterocycles. The fourth-order valence-corrected chi connectivity index (χ4v) is 7.23. The molecule has 44 heavy (non-hydrogen) atoms. The Morgan fingerprint density at radius 3 is 1.70 bits per heavy atom. The molecule has 0 spiro atoms. The van der Waals surface area contributed by atoms with Crippen molar-refractivity contribution in [3.05, 3.63) is 175 Å². The van der Waals surface area contributed by atoms with Crippen molar-refractivity contribution in [2.24, 2.45) is 0 Å². The number of hydrogen-bond donors (Lipinski definition) is 0. The van der Waals surface area contributed by atoms with Gasteiger partial charge in [-0.3, -0.25) is 0 Å². The van der Waals surface area contributed by atoms with E-state index in [1.807, 2.05) is 0 Å². The van der Waals surface area contributed by atoms with Gasteiger partial charge in [-0.05, 0) is 77.7 Å². The Balaban J connectivity index is 1.22. The Bertz CT molecular complexity index is 2340. The summed E-state index contributed by atoms with van der Waals surface area (Å²) in [5.74, 6) is 0.360. The summed E-state index contributed by atoms with van der Waals surface area (Å²) in [7, 11) is 0. The topological polar surface area (TPSA) is 9.86 Å². The fourth-order valence-electron chi connectivity index (χ4n) is 7.23. The second-order valence-corrected chi connectivity index (χ2v) is 11.8. The molecular formula is C42H30N2. The first kappa shape index (κ1) is 24.9. The standard InChI is InChI=1S/C42H30N2/c1-4-12-29(13-5-1)32-20-23-36-38-27-31(22-25-41(38)44(42(36)28-32)34-16-8-3-9-17-34)30-21-24-40-37(26-30)35-18-10-11-19-39(35)43(40)33-14-6-2-7-15-33/h1-27,32H,28H2. The zero-order valence-corrected chi connectivity index (χ0v) is 24.3. The molecule has 2 aromatic heterocycles. The van der Waals surface area contributed by atoms with Crippen LogP contribution in [-0.4, -0.2) is 9.13 Å². The summed E-state index contributed by atoms with van der Waals surface area (Å²) in [5, 5.41) is 3.85. The van der Waals surface area contributed by atoms with Gasteiger partial charge in [0.2, 0.25) is 0 Å². The Hall–Kier alpha value is -5.60. The van der Waals surface area contributed by atoms with Crippen LogP contribution in [-0.2, 0) is 6.42 Å². The summed E-state index contributed by atoms with van der Waals surface area (Å²) in [6, 6.07) is 55.1. The molecule has 1 unspecified atom stereocenters. The van der Waals surface area contributed by atoms with E-state index in [1.165, 1.54) is 72.0 Å². The van der Waals surface area contributed by atoms with Gasteiger partial charge in [-0.25, -0.2) is 0 Å². The van der Waals surface area contributed by atoms with Crippen LogP contribution in [0.25, 0.3) is 61.3 Å². The van der Waals surface area contributed by atoms with Crippen molar-refractivity contribution in [1.29, 1.82) is 0 Å². The highest BCUT2D eigenvalue weighted by atomic mass is 15.0. The molecule has 9 rings (SSSR count). The summed E-state index contributed by atoms with van der Waals surface area (Å²) < 4.78 is 4.85. The SMILES string of the molecule is C1=CC(c2ccccc2)Cc2c1c1cc(-c3ccc4c(c3)c3ccccc3n4-c3ccccc3)ccc1n2-c1ccccc1. The second kappa shape index (κ2) is 10.00. The Labute approximate surface area is 256 Å². The largest absolute Gasteiger partial charge is 0.313 e. The van der Waals surface area contributed by atoms with Gasteiger partial charge in [-0.15, -0.1) is 0 Å². The normalized spacial score (nSPS) is 14.4. The van der Waals surface area contributed by atoms with Gasteiger partial charge in [0.05, 0.1) is 16.6 Å². The number of benzene rings is 6. The van der Waals surface area contributed by atoms with Gasteiger partial charge in [0, 0.05) is 44.7 Å². The van der Waals surface area contributed by atoms with Gasteiger partial charge in [-0.2, -0.15) is 0 Å². The average Bonchev–Trinajstić information content (AvgIpc) is 3.61. The van der Waals surface area contributed by atoms with Gasteiger partial charge < -0.3 is 9.13 Å². The highest BCUT2D eigenvalue weighted by molar-refractivity contribution is 6.10. The van der Waals surface area contributed by atoms with Gasteiger partial charge in [0.1, 0.15) is 0 Å². The van der Waals surface area contributed by atoms with Gasteiger partial charge in [-0.1, -0.05) is 109 Å². The van der Waals surface area contributed by atoms with Gasteiger partial charge in [0.25, 0.3) is 0 Å². The highest BCUT2D eigenvalue weighted by Crippen LogP contribution is 2.41. The van der Waals surface area contributed by atoms with E-state index in [4.69, 9.17) is 0 Å². The molecule has 0 fully saturated rings. The summed E-state index contributed by atoms with van der Waals surface area (Å²) in [5.41, 5.74) is 12.7. The van der Waals surface area contributed by atoms with E-state index in [1.54, 1.807) is 0 Å². The van der Waals surface area contributed by atoms with Crippen LogP contribution >= 0.6 is 0 Å². The van der Waals surface area contributed by atoms with Crippen LogP contribution in [0.1, 0.15) is 22.7 Å². The molecule has 1 aliphatic carbocycles. The second-order valence-electron chi connectivity index (χ2n) is 11.8. The number of fused-ring (bicyclic) bond motifs is 6. The first-order valence-electron chi connectivity index (χ1n) is 15.4. The minimum absolute atomic E-state index is 0.360. The number of rotatable bonds is 4. The van der Waals surface area contributed by atoms with Crippen molar-refractivity contribution >= 4 is 38.8 Å². The smallest absolute Gasteiger partial charge is 0.0541 e. The molecule has 8 aromatic rings.